The molecular formula is C15H17FO3. The second-order valence-electron chi connectivity index (χ2n) is 4.36. The van der Waals surface area contributed by atoms with Crippen LogP contribution in [-0.4, -0.2) is 31.0 Å². The van der Waals surface area contributed by atoms with E-state index in [0.29, 0.717) is 24.3 Å². The van der Waals surface area contributed by atoms with Crippen molar-refractivity contribution in [2.45, 2.75) is 25.4 Å². The molecule has 19 heavy (non-hydrogen) atoms. The Morgan fingerprint density at radius 2 is 2.37 bits per heavy atom. The van der Waals surface area contributed by atoms with E-state index >= 15 is 0 Å². The molecule has 0 amide bonds. The third-order valence-corrected chi connectivity index (χ3v) is 2.85. The zero-order valence-electron chi connectivity index (χ0n) is 10.7. The van der Waals surface area contributed by atoms with Crippen LogP contribution < -0.4 is 4.74 Å². The number of hydrogen-bond acceptors (Lipinski definition) is 3. The van der Waals surface area contributed by atoms with Gasteiger partial charge in [0.1, 0.15) is 18.2 Å². The maximum atomic E-state index is 13.2. The molecule has 1 fully saturated rings. The van der Waals surface area contributed by atoms with Crippen molar-refractivity contribution in [3.63, 3.8) is 0 Å². The number of rotatable bonds is 4. The molecule has 1 saturated heterocycles. The van der Waals surface area contributed by atoms with E-state index in [1.807, 2.05) is 0 Å². The number of benzene rings is 1. The summed E-state index contributed by atoms with van der Waals surface area (Å²) < 4.78 is 24.3. The van der Waals surface area contributed by atoms with Gasteiger partial charge in [-0.2, -0.15) is 0 Å². The van der Waals surface area contributed by atoms with Crippen LogP contribution in [0.4, 0.5) is 4.39 Å². The lowest BCUT2D eigenvalue weighted by molar-refractivity contribution is 0.0677. The van der Waals surface area contributed by atoms with Crippen molar-refractivity contribution >= 4 is 0 Å². The normalized spacial score (nSPS) is 17.9. The Balaban J connectivity index is 2.04. The van der Waals surface area contributed by atoms with Crippen molar-refractivity contribution in [2.75, 3.05) is 19.8 Å². The molecule has 0 bridgehead atoms. The summed E-state index contributed by atoms with van der Waals surface area (Å²) in [5, 5.41) is 8.69. The molecule has 0 saturated carbocycles. The second kappa shape index (κ2) is 7.13. The minimum atomic E-state index is -0.352. The lowest BCUT2D eigenvalue weighted by Gasteiger charge is -2.12. The summed E-state index contributed by atoms with van der Waals surface area (Å²) in [7, 11) is 0. The van der Waals surface area contributed by atoms with E-state index in [0.717, 1.165) is 19.4 Å². The Morgan fingerprint density at radius 1 is 1.47 bits per heavy atom. The van der Waals surface area contributed by atoms with E-state index in [9.17, 15) is 4.39 Å². The largest absolute Gasteiger partial charge is 0.489 e. The van der Waals surface area contributed by atoms with Crippen LogP contribution in [0.15, 0.2) is 18.2 Å². The van der Waals surface area contributed by atoms with Gasteiger partial charge >= 0.3 is 0 Å². The van der Waals surface area contributed by atoms with Gasteiger partial charge in [-0.1, -0.05) is 11.8 Å². The molecule has 1 aliphatic rings. The minimum absolute atomic E-state index is 0.0142. The Hall–Kier alpha value is -1.57. The predicted molar refractivity (Wildman–Crippen MR) is 69.4 cm³/mol. The first-order valence-electron chi connectivity index (χ1n) is 6.43. The second-order valence-corrected chi connectivity index (χ2v) is 4.36. The van der Waals surface area contributed by atoms with E-state index < -0.39 is 0 Å². The quantitative estimate of drug-likeness (QED) is 0.847. The molecule has 1 atom stereocenters. The molecule has 0 spiro atoms. The van der Waals surface area contributed by atoms with E-state index in [1.54, 1.807) is 6.07 Å². The minimum Gasteiger partial charge on any atom is -0.489 e. The first-order valence-corrected chi connectivity index (χ1v) is 6.43. The fraction of sp³-hybridized carbons (Fsp3) is 0.467. The van der Waals surface area contributed by atoms with Crippen LogP contribution in [0.25, 0.3) is 0 Å². The molecule has 102 valence electrons. The summed E-state index contributed by atoms with van der Waals surface area (Å²) in [5.74, 6) is 5.76. The molecule has 0 radical (unpaired) electrons. The van der Waals surface area contributed by atoms with Gasteiger partial charge in [0, 0.05) is 19.1 Å². The van der Waals surface area contributed by atoms with Gasteiger partial charge in [-0.3, -0.25) is 0 Å². The maximum Gasteiger partial charge on any atom is 0.137 e. The van der Waals surface area contributed by atoms with Crippen molar-refractivity contribution in [3.8, 4) is 17.6 Å². The smallest absolute Gasteiger partial charge is 0.137 e. The summed E-state index contributed by atoms with van der Waals surface area (Å²) in [6, 6.07) is 4.27. The Bertz CT molecular complexity index is 470. The van der Waals surface area contributed by atoms with Crippen LogP contribution in [0, 0.1) is 17.7 Å². The van der Waals surface area contributed by atoms with Crippen molar-refractivity contribution < 1.29 is 19.0 Å². The Kier molecular flexibility index (Phi) is 5.20. The monoisotopic (exact) mass is 264 g/mol. The van der Waals surface area contributed by atoms with E-state index in [1.165, 1.54) is 12.1 Å². The van der Waals surface area contributed by atoms with Gasteiger partial charge in [-0.25, -0.2) is 4.39 Å². The molecule has 1 aromatic rings. The van der Waals surface area contributed by atoms with Crippen LogP contribution in [0.5, 0.6) is 5.75 Å². The molecule has 1 unspecified atom stereocenters. The summed E-state index contributed by atoms with van der Waals surface area (Å²) in [6.45, 7) is 1.19. The van der Waals surface area contributed by atoms with Gasteiger partial charge in [0.2, 0.25) is 0 Å². The zero-order valence-corrected chi connectivity index (χ0v) is 10.7. The summed E-state index contributed by atoms with van der Waals surface area (Å²) >= 11 is 0. The molecule has 4 heteroatoms. The SMILES string of the molecule is OCCC#Cc1ccc(F)cc1OCC1CCCO1. The van der Waals surface area contributed by atoms with E-state index in [-0.39, 0.29) is 18.5 Å². The highest BCUT2D eigenvalue weighted by Crippen LogP contribution is 2.21. The van der Waals surface area contributed by atoms with Gasteiger partial charge in [-0.15, -0.1) is 0 Å². The molecule has 1 aliphatic heterocycles. The van der Waals surface area contributed by atoms with Crippen LogP contribution in [0.3, 0.4) is 0 Å². The number of aliphatic hydroxyl groups is 1. The van der Waals surface area contributed by atoms with Crippen LogP contribution >= 0.6 is 0 Å². The van der Waals surface area contributed by atoms with Gasteiger partial charge < -0.3 is 14.6 Å². The maximum absolute atomic E-state index is 13.2. The lowest BCUT2D eigenvalue weighted by Crippen LogP contribution is -2.16. The van der Waals surface area contributed by atoms with Crippen molar-refractivity contribution in [1.29, 1.82) is 0 Å². The average molecular weight is 264 g/mol. The average Bonchev–Trinajstić information content (AvgIpc) is 2.92. The standard InChI is InChI=1S/C15H17FO3/c16-13-7-6-12(4-1-2-8-17)15(10-13)19-11-14-5-3-9-18-14/h6-7,10,14,17H,2-3,5,8-9,11H2. The van der Waals surface area contributed by atoms with Gasteiger partial charge in [0.05, 0.1) is 18.3 Å². The fourth-order valence-corrected chi connectivity index (χ4v) is 1.89. The number of aliphatic hydroxyl groups excluding tert-OH is 1. The molecule has 1 heterocycles. The fourth-order valence-electron chi connectivity index (χ4n) is 1.89. The third kappa shape index (κ3) is 4.23. The number of hydrogen-bond donors (Lipinski definition) is 1. The first-order chi connectivity index (χ1) is 9.29. The molecule has 1 aromatic carbocycles. The topological polar surface area (TPSA) is 38.7 Å². The van der Waals surface area contributed by atoms with E-state index in [2.05, 4.69) is 11.8 Å². The van der Waals surface area contributed by atoms with Gasteiger partial charge in [0.25, 0.3) is 0 Å². The highest BCUT2D eigenvalue weighted by molar-refractivity contribution is 5.46. The van der Waals surface area contributed by atoms with Crippen molar-refractivity contribution in [2.24, 2.45) is 0 Å². The molecule has 3 nitrogen and oxygen atoms in total. The summed E-state index contributed by atoms with van der Waals surface area (Å²) in [5.41, 5.74) is 0.632. The number of halogens is 1. The lowest BCUT2D eigenvalue weighted by atomic mass is 10.2. The predicted octanol–water partition coefficient (Wildman–Crippen LogP) is 2.12. The highest BCUT2D eigenvalue weighted by atomic mass is 19.1. The zero-order chi connectivity index (χ0) is 13.5. The van der Waals surface area contributed by atoms with Crippen LogP contribution in [-0.2, 0) is 4.74 Å². The van der Waals surface area contributed by atoms with E-state index in [4.69, 9.17) is 14.6 Å². The highest BCUT2D eigenvalue weighted by Gasteiger charge is 2.16. The van der Waals surface area contributed by atoms with Gasteiger partial charge in [0.15, 0.2) is 0 Å². The van der Waals surface area contributed by atoms with Gasteiger partial charge in [-0.05, 0) is 25.0 Å². The third-order valence-electron chi connectivity index (χ3n) is 2.85. The number of ether oxygens (including phenoxy) is 2. The summed E-state index contributed by atoms with van der Waals surface area (Å²) in [6.07, 6.45) is 2.49. The Morgan fingerprint density at radius 3 is 3.11 bits per heavy atom. The molecule has 0 aliphatic carbocycles. The summed E-state index contributed by atoms with van der Waals surface area (Å²) in [4.78, 5) is 0. The Labute approximate surface area is 112 Å². The molecule has 2 rings (SSSR count). The molecule has 1 N–H and O–H groups in total. The molecule has 0 aromatic heterocycles. The van der Waals surface area contributed by atoms with Crippen LogP contribution in [0.2, 0.25) is 0 Å². The molecular weight excluding hydrogens is 247 g/mol. The van der Waals surface area contributed by atoms with Crippen molar-refractivity contribution in [1.82, 2.24) is 0 Å². The first kappa shape index (κ1) is 13.9. The van der Waals surface area contributed by atoms with Crippen molar-refractivity contribution in [3.05, 3.63) is 29.6 Å². The van der Waals surface area contributed by atoms with Crippen LogP contribution in [0.1, 0.15) is 24.8 Å².